The Morgan fingerprint density at radius 2 is 1.79 bits per heavy atom. The smallest absolute Gasteiger partial charge is 0.251 e. The van der Waals surface area contributed by atoms with E-state index in [0.29, 0.717) is 11.1 Å². The number of benzene rings is 2. The van der Waals surface area contributed by atoms with Crippen molar-refractivity contribution in [2.45, 2.75) is 18.4 Å². The van der Waals surface area contributed by atoms with Gasteiger partial charge in [-0.1, -0.05) is 18.2 Å². The van der Waals surface area contributed by atoms with Crippen LogP contribution in [0.25, 0.3) is 0 Å². The molecule has 0 aliphatic carbocycles. The summed E-state index contributed by atoms with van der Waals surface area (Å²) < 4.78 is 38.8. The summed E-state index contributed by atoms with van der Waals surface area (Å²) in [5.41, 5.74) is 1.24. The maximum Gasteiger partial charge on any atom is 0.251 e. The molecule has 7 nitrogen and oxygen atoms in total. The van der Waals surface area contributed by atoms with Gasteiger partial charge in [-0.25, -0.2) is 17.1 Å². The van der Waals surface area contributed by atoms with Gasteiger partial charge in [0.2, 0.25) is 15.9 Å². The van der Waals surface area contributed by atoms with Gasteiger partial charge in [0.15, 0.2) is 0 Å². The Hall–Kier alpha value is -2.78. The second-order valence-electron chi connectivity index (χ2n) is 6.36. The van der Waals surface area contributed by atoms with E-state index in [1.807, 2.05) is 0 Å². The van der Waals surface area contributed by atoms with Gasteiger partial charge < -0.3 is 10.6 Å². The molecule has 0 radical (unpaired) electrons. The van der Waals surface area contributed by atoms with E-state index in [4.69, 9.17) is 0 Å². The van der Waals surface area contributed by atoms with Gasteiger partial charge in [-0.05, 0) is 42.3 Å². The lowest BCUT2D eigenvalue weighted by atomic mass is 10.1. The third-order valence-electron chi connectivity index (χ3n) is 4.01. The number of rotatable bonds is 7. The number of nitrogens with zero attached hydrogens (tertiary/aromatic N) is 1. The Labute approximate surface area is 163 Å². The molecule has 0 bridgehead atoms. The van der Waals surface area contributed by atoms with Crippen LogP contribution in [-0.4, -0.2) is 45.2 Å². The van der Waals surface area contributed by atoms with Crippen molar-refractivity contribution in [1.82, 2.24) is 14.9 Å². The van der Waals surface area contributed by atoms with Crippen molar-refractivity contribution in [3.63, 3.8) is 0 Å². The molecule has 0 saturated heterocycles. The van der Waals surface area contributed by atoms with E-state index in [1.165, 1.54) is 44.4 Å². The van der Waals surface area contributed by atoms with Gasteiger partial charge in [0.25, 0.3) is 5.91 Å². The molecule has 0 fully saturated rings. The molecule has 0 saturated carbocycles. The van der Waals surface area contributed by atoms with Crippen LogP contribution in [0, 0.1) is 12.7 Å². The summed E-state index contributed by atoms with van der Waals surface area (Å²) in [4.78, 5) is 24.1. The van der Waals surface area contributed by atoms with Crippen LogP contribution in [0.5, 0.6) is 0 Å². The molecule has 150 valence electrons. The summed E-state index contributed by atoms with van der Waals surface area (Å²) in [5.74, 6) is -1.38. The third-order valence-corrected chi connectivity index (χ3v) is 5.82. The molecular weight excluding hydrogens is 385 g/mol. The van der Waals surface area contributed by atoms with Crippen molar-refractivity contribution in [3.8, 4) is 0 Å². The number of sulfonamides is 1. The summed E-state index contributed by atoms with van der Waals surface area (Å²) in [6, 6.07) is 10.2. The largest absolute Gasteiger partial charge is 0.350 e. The molecule has 28 heavy (non-hydrogen) atoms. The lowest BCUT2D eigenvalue weighted by Crippen LogP contribution is -2.36. The second kappa shape index (κ2) is 8.94. The minimum absolute atomic E-state index is 0.0176. The minimum atomic E-state index is -3.67. The highest BCUT2D eigenvalue weighted by molar-refractivity contribution is 7.89. The van der Waals surface area contributed by atoms with Crippen molar-refractivity contribution < 1.29 is 22.4 Å². The van der Waals surface area contributed by atoms with Gasteiger partial charge in [0.1, 0.15) is 5.82 Å². The van der Waals surface area contributed by atoms with Crippen LogP contribution in [0.15, 0.2) is 47.4 Å². The van der Waals surface area contributed by atoms with Gasteiger partial charge in [-0.2, -0.15) is 0 Å². The summed E-state index contributed by atoms with van der Waals surface area (Å²) in [6.45, 7) is 1.48. The maximum absolute atomic E-state index is 13.5. The Morgan fingerprint density at radius 1 is 1.07 bits per heavy atom. The highest BCUT2D eigenvalue weighted by atomic mass is 32.2. The molecular formula is C19H22FN3O4S. The van der Waals surface area contributed by atoms with Crippen molar-refractivity contribution in [1.29, 1.82) is 0 Å². The lowest BCUT2D eigenvalue weighted by molar-refractivity contribution is -0.120. The third kappa shape index (κ3) is 5.37. The first-order chi connectivity index (χ1) is 13.1. The zero-order valence-electron chi connectivity index (χ0n) is 15.8. The van der Waals surface area contributed by atoms with Crippen molar-refractivity contribution >= 4 is 21.8 Å². The molecule has 0 aliphatic rings. The fraction of sp³-hybridized carbons (Fsp3) is 0.263. The molecule has 9 heteroatoms. The fourth-order valence-electron chi connectivity index (χ4n) is 2.28. The van der Waals surface area contributed by atoms with Crippen LogP contribution >= 0.6 is 0 Å². The van der Waals surface area contributed by atoms with Gasteiger partial charge in [-0.15, -0.1) is 0 Å². The Morgan fingerprint density at radius 3 is 2.43 bits per heavy atom. The zero-order valence-corrected chi connectivity index (χ0v) is 16.6. The summed E-state index contributed by atoms with van der Waals surface area (Å²) in [6.07, 6.45) is 0. The van der Waals surface area contributed by atoms with E-state index < -0.39 is 21.8 Å². The summed E-state index contributed by atoms with van der Waals surface area (Å²) in [7, 11) is -0.876. The van der Waals surface area contributed by atoms with E-state index in [9.17, 15) is 22.4 Å². The Bertz CT molecular complexity index is 990. The highest BCUT2D eigenvalue weighted by Crippen LogP contribution is 2.14. The molecule has 2 amide bonds. The molecule has 0 aromatic heterocycles. The van der Waals surface area contributed by atoms with E-state index in [0.717, 1.165) is 4.31 Å². The summed E-state index contributed by atoms with van der Waals surface area (Å²) in [5, 5.41) is 5.01. The van der Waals surface area contributed by atoms with E-state index in [1.54, 1.807) is 19.1 Å². The predicted octanol–water partition coefficient (Wildman–Crippen LogP) is 1.43. The number of aryl methyl sites for hydroxylation is 1. The number of carbonyl (C=O) groups excluding carboxylic acids is 2. The SMILES string of the molecule is Cc1ccc(CNC(=O)CNC(=O)c2cccc(S(=O)(=O)N(C)C)c2)cc1F. The summed E-state index contributed by atoms with van der Waals surface area (Å²) >= 11 is 0. The number of nitrogens with one attached hydrogen (secondary N) is 2. The standard InChI is InChI=1S/C19H22FN3O4S/c1-13-7-8-14(9-17(13)20)11-21-18(24)12-22-19(25)15-5-4-6-16(10-15)28(26,27)23(2)3/h4-10H,11-12H2,1-3H3,(H,21,24)(H,22,25). The second-order valence-corrected chi connectivity index (χ2v) is 8.51. The van der Waals surface area contributed by atoms with Crippen LogP contribution in [-0.2, 0) is 21.4 Å². The number of carbonyl (C=O) groups is 2. The molecule has 0 heterocycles. The first-order valence-electron chi connectivity index (χ1n) is 8.44. The first-order valence-corrected chi connectivity index (χ1v) is 9.88. The molecule has 2 rings (SSSR count). The van der Waals surface area contributed by atoms with E-state index >= 15 is 0 Å². The number of hydrogen-bond acceptors (Lipinski definition) is 4. The predicted molar refractivity (Wildman–Crippen MR) is 103 cm³/mol. The Balaban J connectivity index is 1.93. The van der Waals surface area contributed by atoms with Crippen molar-refractivity contribution in [3.05, 3.63) is 65.0 Å². The van der Waals surface area contributed by atoms with Crippen LogP contribution in [0.2, 0.25) is 0 Å². The van der Waals surface area contributed by atoms with Crippen molar-refractivity contribution in [2.24, 2.45) is 0 Å². The average Bonchev–Trinajstić information content (AvgIpc) is 2.67. The first kappa shape index (κ1) is 21.5. The lowest BCUT2D eigenvalue weighted by Gasteiger charge is -2.12. The van der Waals surface area contributed by atoms with Crippen molar-refractivity contribution in [2.75, 3.05) is 20.6 Å². The molecule has 0 atom stereocenters. The highest BCUT2D eigenvalue weighted by Gasteiger charge is 2.19. The maximum atomic E-state index is 13.5. The quantitative estimate of drug-likeness (QED) is 0.726. The van der Waals surface area contributed by atoms with Crippen LogP contribution in [0.4, 0.5) is 4.39 Å². The zero-order chi connectivity index (χ0) is 20.9. The van der Waals surface area contributed by atoms with Gasteiger partial charge in [-0.3, -0.25) is 9.59 Å². The Kier molecular flexibility index (Phi) is 6.87. The number of amides is 2. The average molecular weight is 407 g/mol. The van der Waals surface area contributed by atoms with Gasteiger partial charge in [0, 0.05) is 26.2 Å². The molecule has 2 aromatic rings. The number of halogens is 1. The van der Waals surface area contributed by atoms with E-state index in [2.05, 4.69) is 10.6 Å². The molecule has 0 aliphatic heterocycles. The van der Waals surface area contributed by atoms with E-state index in [-0.39, 0.29) is 29.4 Å². The van der Waals surface area contributed by atoms with Gasteiger partial charge in [0.05, 0.1) is 11.4 Å². The molecule has 0 unspecified atom stereocenters. The van der Waals surface area contributed by atoms with Crippen LogP contribution in [0.1, 0.15) is 21.5 Å². The topological polar surface area (TPSA) is 95.6 Å². The monoisotopic (exact) mass is 407 g/mol. The van der Waals surface area contributed by atoms with Gasteiger partial charge >= 0.3 is 0 Å². The minimum Gasteiger partial charge on any atom is -0.350 e. The number of hydrogen-bond donors (Lipinski definition) is 2. The molecule has 2 N–H and O–H groups in total. The fourth-order valence-corrected chi connectivity index (χ4v) is 3.23. The van der Waals surface area contributed by atoms with Crippen LogP contribution in [0.3, 0.4) is 0 Å². The normalized spacial score (nSPS) is 11.3. The molecule has 0 spiro atoms. The van der Waals surface area contributed by atoms with Crippen LogP contribution < -0.4 is 10.6 Å². The molecule has 2 aromatic carbocycles.